The minimum atomic E-state index is -0.449. The highest BCUT2D eigenvalue weighted by atomic mass is 79.9. The Morgan fingerprint density at radius 2 is 2.20 bits per heavy atom. The molecule has 0 spiro atoms. The van der Waals surface area contributed by atoms with Gasteiger partial charge in [0.15, 0.2) is 0 Å². The highest BCUT2D eigenvalue weighted by molar-refractivity contribution is 9.15. The second-order valence-corrected chi connectivity index (χ2v) is 8.32. The molecule has 0 radical (unpaired) electrons. The van der Waals surface area contributed by atoms with Crippen molar-refractivity contribution in [3.05, 3.63) is 34.8 Å². The van der Waals surface area contributed by atoms with Crippen LogP contribution in [-0.2, 0) is 11.3 Å². The Labute approximate surface area is 158 Å². The first kappa shape index (κ1) is 19.8. The molecule has 0 fully saturated rings. The number of rotatable bonds is 6. The van der Waals surface area contributed by atoms with Crippen LogP contribution in [0.4, 0.5) is 0 Å². The van der Waals surface area contributed by atoms with Gasteiger partial charge in [0.25, 0.3) is 0 Å². The van der Waals surface area contributed by atoms with Crippen LogP contribution in [0.5, 0.6) is 0 Å². The Morgan fingerprint density at radius 3 is 2.76 bits per heavy atom. The van der Waals surface area contributed by atoms with E-state index in [1.165, 1.54) is 0 Å². The Hall–Kier alpha value is -1.56. The number of hydrogen-bond donors (Lipinski definition) is 1. The number of nitrogens with one attached hydrogen (secondary N) is 1. The van der Waals surface area contributed by atoms with Crippen LogP contribution in [0.2, 0.25) is 0 Å². The Bertz CT molecular complexity index is 785. The third-order valence-electron chi connectivity index (χ3n) is 4.21. The fourth-order valence-corrected chi connectivity index (χ4v) is 3.66. The molecule has 0 aromatic carbocycles. The lowest BCUT2D eigenvalue weighted by atomic mass is 9.92. The molecule has 1 aliphatic carbocycles. The largest absolute Gasteiger partial charge is 0.482 e. The molecule has 1 aromatic rings. The van der Waals surface area contributed by atoms with Gasteiger partial charge in [-0.2, -0.15) is 0 Å². The number of hydrogen-bond acceptors (Lipinski definition) is 4. The van der Waals surface area contributed by atoms with Gasteiger partial charge in [0.2, 0.25) is 0 Å². The second kappa shape index (κ2) is 7.77. The molecule has 6 heteroatoms. The highest BCUT2D eigenvalue weighted by Gasteiger charge is 2.37. The topological polar surface area (TPSA) is 52.0 Å². The average Bonchev–Trinajstić information content (AvgIpc) is 2.95. The first-order valence-electron chi connectivity index (χ1n) is 8.75. The number of fused-ring (bicyclic) bond motifs is 1. The molecule has 25 heavy (non-hydrogen) atoms. The fourth-order valence-electron chi connectivity index (χ4n) is 2.85. The first-order valence-corrected chi connectivity index (χ1v) is 9.55. The zero-order chi connectivity index (χ0) is 18.7. The number of ether oxygens (including phenoxy) is 1. The predicted molar refractivity (Wildman–Crippen MR) is 106 cm³/mol. The predicted octanol–water partition coefficient (Wildman–Crippen LogP) is 2.81. The van der Waals surface area contributed by atoms with Crippen molar-refractivity contribution in [1.29, 1.82) is 0 Å². The molecular formula is C19H29BrN4O. The van der Waals surface area contributed by atoms with Gasteiger partial charge in [-0.25, -0.2) is 4.68 Å². The van der Waals surface area contributed by atoms with Crippen LogP contribution in [0.25, 0.3) is 10.6 Å². The monoisotopic (exact) mass is 408 g/mol. The van der Waals surface area contributed by atoms with E-state index in [9.17, 15) is 0 Å². The molecule has 0 saturated carbocycles. The number of nitrogens with zero attached hydrogens (tertiary/aromatic N) is 3. The fraction of sp³-hybridized carbons (Fsp3) is 0.579. The summed E-state index contributed by atoms with van der Waals surface area (Å²) in [6.45, 7) is 11.5. The maximum atomic E-state index is 6.40. The Morgan fingerprint density at radius 1 is 1.48 bits per heavy atom. The van der Waals surface area contributed by atoms with Gasteiger partial charge in [0.1, 0.15) is 16.7 Å². The van der Waals surface area contributed by atoms with Crippen LogP contribution < -0.4 is 16.0 Å². The summed E-state index contributed by atoms with van der Waals surface area (Å²) in [6.07, 6.45) is 9.58. The minimum absolute atomic E-state index is 0.146. The zero-order valence-corrected chi connectivity index (χ0v) is 17.6. The summed E-state index contributed by atoms with van der Waals surface area (Å²) >= 11 is 3.78. The van der Waals surface area contributed by atoms with E-state index in [0.29, 0.717) is 0 Å². The maximum Gasteiger partial charge on any atom is 0.146 e. The van der Waals surface area contributed by atoms with E-state index in [-0.39, 0.29) is 5.41 Å². The van der Waals surface area contributed by atoms with Crippen molar-refractivity contribution >= 4 is 26.5 Å². The Balaban J connectivity index is 2.45. The molecule has 1 atom stereocenters. The van der Waals surface area contributed by atoms with Crippen LogP contribution >= 0.6 is 15.9 Å². The van der Waals surface area contributed by atoms with Crippen LogP contribution in [0.15, 0.2) is 24.1 Å². The highest BCUT2D eigenvalue weighted by Crippen LogP contribution is 2.37. The third kappa shape index (κ3) is 4.35. The molecule has 1 unspecified atom stereocenters. The van der Waals surface area contributed by atoms with Crippen LogP contribution in [0.1, 0.15) is 47.5 Å². The summed E-state index contributed by atoms with van der Waals surface area (Å²) in [5.74, 6) is 0.826. The van der Waals surface area contributed by atoms with Crippen molar-refractivity contribution < 1.29 is 4.74 Å². The summed E-state index contributed by atoms with van der Waals surface area (Å²) < 4.78 is 9.36. The molecule has 1 aromatic heterocycles. The van der Waals surface area contributed by atoms with Crippen molar-refractivity contribution in [3.8, 4) is 0 Å². The van der Waals surface area contributed by atoms with Gasteiger partial charge >= 0.3 is 0 Å². The number of halogens is 1. The number of allylic oxidation sites excluding steroid dienone is 2. The van der Waals surface area contributed by atoms with Crippen LogP contribution in [0, 0.1) is 5.41 Å². The van der Waals surface area contributed by atoms with Gasteiger partial charge in [-0.1, -0.05) is 39.0 Å². The molecular weight excluding hydrogens is 380 g/mol. The summed E-state index contributed by atoms with van der Waals surface area (Å²) in [5.41, 5.74) is -0.302. The van der Waals surface area contributed by atoms with Crippen LogP contribution in [-0.4, -0.2) is 27.6 Å². The molecule has 0 saturated heterocycles. The molecule has 1 N–H and O–H groups in total. The summed E-state index contributed by atoms with van der Waals surface area (Å²) in [5, 5.41) is 13.8. The first-order chi connectivity index (χ1) is 11.8. The summed E-state index contributed by atoms with van der Waals surface area (Å²) in [7, 11) is 1.87. The standard InChI is InChI=1S/C19H29BrN4O/c1-7-14(10-12-21-6)25-19(8-2)11-9-15-16(17(19)20)22-23-24(15)13-18(3,4)5/h7,9-10,12,21H,8,11,13H2,1-6H3/b12-10-,14-7+. The lowest BCUT2D eigenvalue weighted by Crippen LogP contribution is -2.45. The molecule has 0 amide bonds. The van der Waals surface area contributed by atoms with Gasteiger partial charge in [-0.05, 0) is 53.0 Å². The van der Waals surface area contributed by atoms with Gasteiger partial charge in [0, 0.05) is 20.0 Å². The van der Waals surface area contributed by atoms with Crippen molar-refractivity contribution in [2.45, 2.75) is 59.6 Å². The van der Waals surface area contributed by atoms with Gasteiger partial charge in [-0.3, -0.25) is 0 Å². The SMILES string of the molecule is C/C=C(\C=C/NC)OC1(CC)CC=c2c(nnn2CC(C)(C)C)=C1Br. The van der Waals surface area contributed by atoms with E-state index < -0.39 is 5.60 Å². The Kier molecular flexibility index (Phi) is 6.14. The van der Waals surface area contributed by atoms with E-state index in [0.717, 1.165) is 40.3 Å². The molecule has 0 bridgehead atoms. The molecule has 5 nitrogen and oxygen atoms in total. The van der Waals surface area contributed by atoms with E-state index >= 15 is 0 Å². The third-order valence-corrected chi connectivity index (χ3v) is 5.31. The van der Waals surface area contributed by atoms with E-state index in [2.05, 4.69) is 65.3 Å². The van der Waals surface area contributed by atoms with E-state index in [1.54, 1.807) is 0 Å². The average molecular weight is 409 g/mol. The quantitative estimate of drug-likeness (QED) is 0.580. The lowest BCUT2D eigenvalue weighted by Gasteiger charge is -2.34. The van der Waals surface area contributed by atoms with Gasteiger partial charge in [0.05, 0.1) is 9.83 Å². The van der Waals surface area contributed by atoms with Crippen molar-refractivity contribution in [2.75, 3.05) is 7.05 Å². The van der Waals surface area contributed by atoms with Gasteiger partial charge < -0.3 is 10.1 Å². The molecule has 2 rings (SSSR count). The van der Waals surface area contributed by atoms with Crippen molar-refractivity contribution in [3.63, 3.8) is 0 Å². The minimum Gasteiger partial charge on any atom is -0.482 e. The molecule has 1 aliphatic rings. The normalized spacial score (nSPS) is 21.2. The van der Waals surface area contributed by atoms with Crippen molar-refractivity contribution in [2.24, 2.45) is 5.41 Å². The zero-order valence-electron chi connectivity index (χ0n) is 16.1. The summed E-state index contributed by atoms with van der Waals surface area (Å²) in [4.78, 5) is 0. The van der Waals surface area contributed by atoms with E-state index in [1.807, 2.05) is 37.0 Å². The molecule has 0 aliphatic heterocycles. The lowest BCUT2D eigenvalue weighted by molar-refractivity contribution is 0.0652. The number of aromatic nitrogens is 3. The molecule has 1 heterocycles. The smallest absolute Gasteiger partial charge is 0.146 e. The van der Waals surface area contributed by atoms with Gasteiger partial charge in [-0.15, -0.1) is 5.10 Å². The maximum absolute atomic E-state index is 6.40. The van der Waals surface area contributed by atoms with E-state index in [4.69, 9.17) is 4.74 Å². The molecule has 138 valence electrons. The summed E-state index contributed by atoms with van der Waals surface area (Å²) in [6, 6.07) is 0. The second-order valence-electron chi connectivity index (χ2n) is 7.53. The van der Waals surface area contributed by atoms with Crippen LogP contribution in [0.3, 0.4) is 0 Å². The van der Waals surface area contributed by atoms with Crippen molar-refractivity contribution in [1.82, 2.24) is 20.3 Å².